The summed E-state index contributed by atoms with van der Waals surface area (Å²) < 4.78 is 27.7. The number of rotatable bonds is 3. The van der Waals surface area contributed by atoms with Gasteiger partial charge >= 0.3 is 0 Å². The number of hydrogen-bond acceptors (Lipinski definition) is 4. The average Bonchev–Trinajstić information content (AvgIpc) is 3.13. The van der Waals surface area contributed by atoms with Gasteiger partial charge in [-0.25, -0.2) is 13.4 Å². The SMILES string of the molecule is C[C@@H]1CN(S(=O)(=O)c2c[nH]c3ncccc23)CCN1C(=O)c1ccccc1. The summed E-state index contributed by atoms with van der Waals surface area (Å²) >= 11 is 0. The van der Waals surface area contributed by atoms with E-state index in [1.165, 1.54) is 10.5 Å². The first kappa shape index (κ1) is 17.7. The Morgan fingerprint density at radius 1 is 1.15 bits per heavy atom. The molecule has 2 aromatic heterocycles. The fourth-order valence-electron chi connectivity index (χ4n) is 3.47. The summed E-state index contributed by atoms with van der Waals surface area (Å²) in [6.07, 6.45) is 3.10. The Balaban J connectivity index is 1.56. The monoisotopic (exact) mass is 384 g/mol. The van der Waals surface area contributed by atoms with Crippen molar-refractivity contribution in [2.75, 3.05) is 19.6 Å². The quantitative estimate of drug-likeness (QED) is 0.749. The number of sulfonamides is 1. The molecule has 0 saturated carbocycles. The molecule has 1 saturated heterocycles. The maximum atomic E-state index is 13.1. The predicted molar refractivity (Wildman–Crippen MR) is 102 cm³/mol. The van der Waals surface area contributed by atoms with Crippen molar-refractivity contribution in [3.8, 4) is 0 Å². The first-order chi connectivity index (χ1) is 13.0. The lowest BCUT2D eigenvalue weighted by atomic mass is 10.1. The highest BCUT2D eigenvalue weighted by atomic mass is 32.2. The Kier molecular flexibility index (Phi) is 4.45. The van der Waals surface area contributed by atoms with E-state index < -0.39 is 10.0 Å². The number of nitrogens with one attached hydrogen (secondary N) is 1. The Bertz CT molecular complexity index is 1080. The maximum absolute atomic E-state index is 13.1. The summed E-state index contributed by atoms with van der Waals surface area (Å²) in [6, 6.07) is 12.3. The van der Waals surface area contributed by atoms with Gasteiger partial charge in [-0.1, -0.05) is 18.2 Å². The van der Waals surface area contributed by atoms with E-state index in [-0.39, 0.29) is 29.9 Å². The zero-order valence-electron chi connectivity index (χ0n) is 14.9. The van der Waals surface area contributed by atoms with E-state index in [2.05, 4.69) is 9.97 Å². The fourth-order valence-corrected chi connectivity index (χ4v) is 5.14. The fraction of sp³-hybridized carbons (Fsp3) is 0.263. The highest BCUT2D eigenvalue weighted by Crippen LogP contribution is 2.26. The minimum Gasteiger partial charge on any atom is -0.345 e. The Morgan fingerprint density at radius 2 is 1.93 bits per heavy atom. The second-order valence-corrected chi connectivity index (χ2v) is 8.54. The minimum atomic E-state index is -3.67. The molecule has 140 valence electrons. The number of aromatic nitrogens is 2. The van der Waals surface area contributed by atoms with Gasteiger partial charge in [0.05, 0.1) is 0 Å². The van der Waals surface area contributed by atoms with Crippen molar-refractivity contribution < 1.29 is 13.2 Å². The van der Waals surface area contributed by atoms with Crippen LogP contribution in [0.25, 0.3) is 11.0 Å². The first-order valence-corrected chi connectivity index (χ1v) is 10.2. The molecule has 27 heavy (non-hydrogen) atoms. The number of fused-ring (bicyclic) bond motifs is 1. The molecule has 1 N–H and O–H groups in total. The highest BCUT2D eigenvalue weighted by Gasteiger charge is 2.35. The molecule has 0 bridgehead atoms. The van der Waals surface area contributed by atoms with E-state index in [9.17, 15) is 13.2 Å². The Hall–Kier alpha value is -2.71. The molecule has 0 radical (unpaired) electrons. The van der Waals surface area contributed by atoms with Crippen molar-refractivity contribution in [2.24, 2.45) is 0 Å². The van der Waals surface area contributed by atoms with Gasteiger partial charge in [-0.15, -0.1) is 0 Å². The molecular formula is C19H20N4O3S. The van der Waals surface area contributed by atoms with Crippen LogP contribution in [0.3, 0.4) is 0 Å². The number of H-pyrrole nitrogens is 1. The van der Waals surface area contributed by atoms with E-state index in [1.807, 2.05) is 25.1 Å². The number of carbonyl (C=O) groups is 1. The topological polar surface area (TPSA) is 86.4 Å². The first-order valence-electron chi connectivity index (χ1n) is 8.77. The summed E-state index contributed by atoms with van der Waals surface area (Å²) in [4.78, 5) is 21.7. The molecule has 4 rings (SSSR count). The molecule has 0 unspecified atom stereocenters. The maximum Gasteiger partial charge on any atom is 0.254 e. The van der Waals surface area contributed by atoms with Gasteiger partial charge in [-0.3, -0.25) is 4.79 Å². The third-order valence-electron chi connectivity index (χ3n) is 4.90. The van der Waals surface area contributed by atoms with Crippen molar-refractivity contribution in [3.05, 3.63) is 60.4 Å². The number of amides is 1. The van der Waals surface area contributed by atoms with E-state index in [1.54, 1.807) is 35.4 Å². The standard InChI is InChI=1S/C19H20N4O3S/c1-14-13-22(10-11-23(14)19(24)15-6-3-2-4-7-15)27(25,26)17-12-21-18-16(17)8-5-9-20-18/h2-9,12,14H,10-11,13H2,1H3,(H,20,21)/t14-/m1/s1. The molecule has 1 aliphatic heterocycles. The van der Waals surface area contributed by atoms with Gasteiger partial charge in [0.1, 0.15) is 10.5 Å². The number of pyridine rings is 1. The summed E-state index contributed by atoms with van der Waals surface area (Å²) in [6.45, 7) is 2.75. The van der Waals surface area contributed by atoms with Crippen molar-refractivity contribution in [2.45, 2.75) is 17.9 Å². The number of nitrogens with zero attached hydrogens (tertiary/aromatic N) is 3. The van der Waals surface area contributed by atoms with Crippen LogP contribution in [0.4, 0.5) is 0 Å². The predicted octanol–water partition coefficient (Wildman–Crippen LogP) is 2.10. The lowest BCUT2D eigenvalue weighted by Gasteiger charge is -2.39. The van der Waals surface area contributed by atoms with E-state index >= 15 is 0 Å². The molecule has 7 nitrogen and oxygen atoms in total. The van der Waals surface area contributed by atoms with Gasteiger partial charge in [0.15, 0.2) is 0 Å². The van der Waals surface area contributed by atoms with Crippen LogP contribution >= 0.6 is 0 Å². The number of benzene rings is 1. The van der Waals surface area contributed by atoms with Gasteiger partial charge in [-0.2, -0.15) is 4.31 Å². The lowest BCUT2D eigenvalue weighted by molar-refractivity contribution is 0.0591. The van der Waals surface area contributed by atoms with Crippen LogP contribution in [0.2, 0.25) is 0 Å². The van der Waals surface area contributed by atoms with Crippen LogP contribution in [-0.4, -0.2) is 59.2 Å². The smallest absolute Gasteiger partial charge is 0.254 e. The van der Waals surface area contributed by atoms with Crippen molar-refractivity contribution in [1.29, 1.82) is 0 Å². The van der Waals surface area contributed by atoms with Crippen molar-refractivity contribution in [1.82, 2.24) is 19.2 Å². The van der Waals surface area contributed by atoms with Gasteiger partial charge < -0.3 is 9.88 Å². The van der Waals surface area contributed by atoms with E-state index in [0.717, 1.165) is 0 Å². The van der Waals surface area contributed by atoms with Crippen LogP contribution in [0, 0.1) is 0 Å². The number of carbonyl (C=O) groups excluding carboxylic acids is 1. The third-order valence-corrected chi connectivity index (χ3v) is 6.81. The molecule has 1 aliphatic rings. The summed E-state index contributed by atoms with van der Waals surface area (Å²) in [7, 11) is -3.67. The molecule has 1 fully saturated rings. The molecule has 1 atom stereocenters. The zero-order valence-corrected chi connectivity index (χ0v) is 15.7. The lowest BCUT2D eigenvalue weighted by Crippen LogP contribution is -2.55. The molecular weight excluding hydrogens is 364 g/mol. The second-order valence-electron chi connectivity index (χ2n) is 6.63. The molecule has 3 aromatic rings. The molecule has 1 aromatic carbocycles. The van der Waals surface area contributed by atoms with Gasteiger partial charge in [0.2, 0.25) is 10.0 Å². The van der Waals surface area contributed by atoms with Crippen LogP contribution in [-0.2, 0) is 10.0 Å². The number of piperazine rings is 1. The van der Waals surface area contributed by atoms with Crippen LogP contribution in [0.15, 0.2) is 59.8 Å². The minimum absolute atomic E-state index is 0.0727. The number of hydrogen-bond donors (Lipinski definition) is 1. The highest BCUT2D eigenvalue weighted by molar-refractivity contribution is 7.89. The van der Waals surface area contributed by atoms with Crippen LogP contribution < -0.4 is 0 Å². The Morgan fingerprint density at radius 3 is 2.67 bits per heavy atom. The molecule has 3 heterocycles. The Labute approximate surface area is 157 Å². The van der Waals surface area contributed by atoms with Crippen LogP contribution in [0.1, 0.15) is 17.3 Å². The number of aromatic amines is 1. The van der Waals surface area contributed by atoms with E-state index in [4.69, 9.17) is 0 Å². The summed E-state index contributed by atoms with van der Waals surface area (Å²) in [5.74, 6) is -0.0727. The van der Waals surface area contributed by atoms with Crippen molar-refractivity contribution >= 4 is 27.0 Å². The largest absolute Gasteiger partial charge is 0.345 e. The summed E-state index contributed by atoms with van der Waals surface area (Å²) in [5.41, 5.74) is 1.16. The molecule has 0 spiro atoms. The van der Waals surface area contributed by atoms with Crippen LogP contribution in [0.5, 0.6) is 0 Å². The van der Waals surface area contributed by atoms with E-state index in [0.29, 0.717) is 23.1 Å². The molecule has 1 amide bonds. The zero-order chi connectivity index (χ0) is 19.0. The van der Waals surface area contributed by atoms with Gasteiger partial charge in [0.25, 0.3) is 5.91 Å². The molecule has 0 aliphatic carbocycles. The normalized spacial score (nSPS) is 18.7. The van der Waals surface area contributed by atoms with Crippen molar-refractivity contribution in [3.63, 3.8) is 0 Å². The van der Waals surface area contributed by atoms with Gasteiger partial charge in [-0.05, 0) is 31.2 Å². The third kappa shape index (κ3) is 3.11. The second kappa shape index (κ2) is 6.79. The average molecular weight is 384 g/mol. The van der Waals surface area contributed by atoms with Gasteiger partial charge in [0, 0.05) is 49.0 Å². The molecule has 8 heteroatoms. The summed E-state index contributed by atoms with van der Waals surface area (Å²) in [5, 5.41) is 0.577.